The van der Waals surface area contributed by atoms with Gasteiger partial charge in [-0.1, -0.05) is 6.07 Å². The fraction of sp³-hybridized carbons (Fsp3) is 0.400. The number of benzene rings is 2. The number of nitrogens with zero attached hydrogens (tertiary/aromatic N) is 2. The second kappa shape index (κ2) is 8.19. The number of sulfonamides is 1. The average molecular weight is 487 g/mol. The van der Waals surface area contributed by atoms with Crippen molar-refractivity contribution in [2.75, 3.05) is 43.6 Å². The molecule has 0 unspecified atom stereocenters. The first-order chi connectivity index (χ1) is 14.2. The van der Waals surface area contributed by atoms with Crippen LogP contribution in [0.3, 0.4) is 0 Å². The zero-order valence-corrected chi connectivity index (χ0v) is 20.3. The largest absolute Gasteiger partial charge is 0.368 e. The van der Waals surface area contributed by atoms with Crippen molar-refractivity contribution < 1.29 is 25.3 Å². The Labute approximate surface area is 184 Å². The number of aryl methyl sites for hydroxylation is 2. The van der Waals surface area contributed by atoms with Crippen LogP contribution in [0, 0.1) is 13.8 Å². The highest BCUT2D eigenvalue weighted by molar-refractivity contribution is 7.91. The predicted octanol–water partition coefficient (Wildman–Crippen LogP) is 1.62. The molecule has 0 radical (unpaired) electrons. The van der Waals surface area contributed by atoms with Gasteiger partial charge in [-0.05, 0) is 55.3 Å². The van der Waals surface area contributed by atoms with Gasteiger partial charge in [-0.3, -0.25) is 0 Å². The Bertz CT molecular complexity index is 1320. The molecule has 11 heteroatoms. The van der Waals surface area contributed by atoms with Crippen LogP contribution in [0.5, 0.6) is 0 Å². The molecule has 0 atom stereocenters. The molecule has 8 nitrogen and oxygen atoms in total. The van der Waals surface area contributed by atoms with Gasteiger partial charge in [0, 0.05) is 38.7 Å². The topological polar surface area (TPSA) is 109 Å². The summed E-state index contributed by atoms with van der Waals surface area (Å²) in [5.41, 5.74) is 2.27. The Balaban J connectivity index is 1.88. The Kier molecular flexibility index (Phi) is 6.27. The van der Waals surface area contributed by atoms with Crippen molar-refractivity contribution in [1.82, 2.24) is 4.31 Å². The Hall–Kier alpha value is -1.95. The highest BCUT2D eigenvalue weighted by Crippen LogP contribution is 2.30. The summed E-state index contributed by atoms with van der Waals surface area (Å²) in [5.74, 6) is 0. The Morgan fingerprint density at radius 2 is 1.26 bits per heavy atom. The van der Waals surface area contributed by atoms with Gasteiger partial charge in [0.05, 0.1) is 20.4 Å². The lowest BCUT2D eigenvalue weighted by Gasteiger charge is -2.36. The molecule has 1 aliphatic heterocycles. The number of hydrogen-bond acceptors (Lipinski definition) is 7. The van der Waals surface area contributed by atoms with Gasteiger partial charge in [0.25, 0.3) is 0 Å². The van der Waals surface area contributed by atoms with Crippen molar-refractivity contribution in [3.05, 3.63) is 47.5 Å². The lowest BCUT2D eigenvalue weighted by atomic mass is 10.1. The van der Waals surface area contributed by atoms with E-state index in [4.69, 9.17) is 0 Å². The summed E-state index contributed by atoms with van der Waals surface area (Å²) < 4.78 is 75.8. The standard InChI is InChI=1S/C20H26N2O6S3/c1-15-5-6-18(13-16(15)2)31(27,28)22-11-9-21(10-12-22)19-8-7-17(29(3,23)24)14-20(19)30(4,25)26/h5-8,13-14H,9-12H2,1-4H3. The molecule has 1 saturated heterocycles. The van der Waals surface area contributed by atoms with E-state index < -0.39 is 29.7 Å². The van der Waals surface area contributed by atoms with Crippen LogP contribution < -0.4 is 4.90 Å². The van der Waals surface area contributed by atoms with Gasteiger partial charge in [-0.15, -0.1) is 0 Å². The molecule has 0 aromatic heterocycles. The van der Waals surface area contributed by atoms with E-state index in [1.807, 2.05) is 13.8 Å². The van der Waals surface area contributed by atoms with E-state index in [0.717, 1.165) is 29.7 Å². The molecule has 3 rings (SSSR count). The lowest BCUT2D eigenvalue weighted by Crippen LogP contribution is -2.49. The minimum atomic E-state index is -3.70. The number of hydrogen-bond donors (Lipinski definition) is 0. The summed E-state index contributed by atoms with van der Waals surface area (Å²) in [6, 6.07) is 9.04. The van der Waals surface area contributed by atoms with Gasteiger partial charge in [0.2, 0.25) is 10.0 Å². The fourth-order valence-corrected chi connectivity index (χ4v) is 6.62. The fourth-order valence-electron chi connectivity index (χ4n) is 3.48. The van der Waals surface area contributed by atoms with Gasteiger partial charge in [-0.2, -0.15) is 4.31 Å². The smallest absolute Gasteiger partial charge is 0.243 e. The Morgan fingerprint density at radius 3 is 1.77 bits per heavy atom. The molecular formula is C20H26N2O6S3. The number of anilines is 1. The highest BCUT2D eigenvalue weighted by Gasteiger charge is 2.30. The number of sulfone groups is 2. The van der Waals surface area contributed by atoms with E-state index in [2.05, 4.69) is 0 Å². The summed E-state index contributed by atoms with van der Waals surface area (Å²) in [6.45, 7) is 4.71. The van der Waals surface area contributed by atoms with Gasteiger partial charge < -0.3 is 4.90 Å². The minimum absolute atomic E-state index is 0.0763. The number of rotatable bonds is 5. The molecule has 0 spiro atoms. The minimum Gasteiger partial charge on any atom is -0.368 e. The van der Waals surface area contributed by atoms with Crippen LogP contribution in [0.25, 0.3) is 0 Å². The van der Waals surface area contributed by atoms with Crippen molar-refractivity contribution in [2.45, 2.75) is 28.5 Å². The van der Waals surface area contributed by atoms with E-state index >= 15 is 0 Å². The van der Waals surface area contributed by atoms with Crippen LogP contribution in [0.15, 0.2) is 51.1 Å². The first-order valence-electron chi connectivity index (χ1n) is 9.58. The summed E-state index contributed by atoms with van der Waals surface area (Å²) in [6.07, 6.45) is 2.04. The molecule has 0 amide bonds. The first-order valence-corrected chi connectivity index (χ1v) is 14.8. The SMILES string of the molecule is Cc1ccc(S(=O)(=O)N2CCN(c3ccc(S(C)(=O)=O)cc3S(C)(=O)=O)CC2)cc1C. The van der Waals surface area contributed by atoms with E-state index in [-0.39, 0.29) is 40.9 Å². The molecular weight excluding hydrogens is 460 g/mol. The maximum Gasteiger partial charge on any atom is 0.243 e. The quantitative estimate of drug-likeness (QED) is 0.632. The molecule has 0 N–H and O–H groups in total. The van der Waals surface area contributed by atoms with Crippen molar-refractivity contribution in [2.24, 2.45) is 0 Å². The van der Waals surface area contributed by atoms with Crippen molar-refractivity contribution in [3.63, 3.8) is 0 Å². The third-order valence-electron chi connectivity index (χ3n) is 5.45. The van der Waals surface area contributed by atoms with E-state index in [0.29, 0.717) is 5.69 Å². The van der Waals surface area contributed by atoms with E-state index in [9.17, 15) is 25.3 Å². The Morgan fingerprint density at radius 1 is 0.677 bits per heavy atom. The molecule has 2 aromatic carbocycles. The summed E-state index contributed by atoms with van der Waals surface area (Å²) in [4.78, 5) is 1.85. The van der Waals surface area contributed by atoms with Crippen LogP contribution >= 0.6 is 0 Å². The van der Waals surface area contributed by atoms with Crippen LogP contribution in [0.2, 0.25) is 0 Å². The van der Waals surface area contributed by atoms with Crippen molar-refractivity contribution in [1.29, 1.82) is 0 Å². The predicted molar refractivity (Wildman–Crippen MR) is 120 cm³/mol. The van der Waals surface area contributed by atoms with Gasteiger partial charge in [-0.25, -0.2) is 25.3 Å². The highest BCUT2D eigenvalue weighted by atomic mass is 32.2. The molecule has 2 aromatic rings. The molecule has 0 aliphatic carbocycles. The lowest BCUT2D eigenvalue weighted by molar-refractivity contribution is 0.384. The van der Waals surface area contributed by atoms with Crippen LogP contribution in [0.4, 0.5) is 5.69 Å². The molecule has 0 bridgehead atoms. The maximum atomic E-state index is 13.0. The van der Waals surface area contributed by atoms with Crippen LogP contribution in [-0.2, 0) is 29.7 Å². The van der Waals surface area contributed by atoms with Gasteiger partial charge in [0.15, 0.2) is 19.7 Å². The molecule has 170 valence electrons. The monoisotopic (exact) mass is 486 g/mol. The molecule has 1 aliphatic rings. The summed E-state index contributed by atoms with van der Waals surface area (Å²) in [5, 5.41) is 0. The average Bonchev–Trinajstić information content (AvgIpc) is 2.68. The van der Waals surface area contributed by atoms with Gasteiger partial charge >= 0.3 is 0 Å². The zero-order valence-electron chi connectivity index (χ0n) is 17.9. The third-order valence-corrected chi connectivity index (χ3v) is 9.59. The van der Waals surface area contributed by atoms with Crippen LogP contribution in [0.1, 0.15) is 11.1 Å². The normalized spacial score (nSPS) is 16.5. The molecule has 0 saturated carbocycles. The summed E-state index contributed by atoms with van der Waals surface area (Å²) in [7, 11) is -10.9. The van der Waals surface area contributed by atoms with Crippen LogP contribution in [-0.4, -0.2) is 68.2 Å². The van der Waals surface area contributed by atoms with Gasteiger partial charge in [0.1, 0.15) is 0 Å². The zero-order chi connectivity index (χ0) is 23.2. The molecule has 1 fully saturated rings. The van der Waals surface area contributed by atoms with Crippen molar-refractivity contribution >= 4 is 35.4 Å². The summed E-state index contributed by atoms with van der Waals surface area (Å²) >= 11 is 0. The van der Waals surface area contributed by atoms with E-state index in [1.54, 1.807) is 23.1 Å². The van der Waals surface area contributed by atoms with Crippen molar-refractivity contribution in [3.8, 4) is 0 Å². The number of piperazine rings is 1. The maximum absolute atomic E-state index is 13.0. The van der Waals surface area contributed by atoms with E-state index in [1.165, 1.54) is 16.4 Å². The first kappa shape index (κ1) is 23.7. The third kappa shape index (κ3) is 4.94. The second-order valence-corrected chi connectivity index (χ2v) is 13.7. The molecule has 31 heavy (non-hydrogen) atoms. The second-order valence-electron chi connectivity index (χ2n) is 7.81. The molecule has 1 heterocycles.